The summed E-state index contributed by atoms with van der Waals surface area (Å²) < 4.78 is 13.0. The Morgan fingerprint density at radius 3 is 2.67 bits per heavy atom. The Morgan fingerprint density at radius 1 is 1.39 bits per heavy atom. The molecule has 0 bridgehead atoms. The quantitative estimate of drug-likeness (QED) is 0.851. The molecule has 2 nitrogen and oxygen atoms in total. The number of Topliss-reactive ketones (excluding diaryl/α,β-unsaturated/α-hetero) is 1. The molecule has 0 amide bonds. The molecule has 1 atom stereocenters. The molecule has 18 heavy (non-hydrogen) atoms. The highest BCUT2D eigenvalue weighted by molar-refractivity contribution is 5.99. The van der Waals surface area contributed by atoms with Crippen molar-refractivity contribution in [3.63, 3.8) is 0 Å². The Labute approximate surface area is 113 Å². The number of hydrogen-bond acceptors (Lipinski definition) is 2. The second-order valence-corrected chi connectivity index (χ2v) is 4.74. The lowest BCUT2D eigenvalue weighted by Crippen LogP contribution is -2.40. The first-order valence-corrected chi connectivity index (χ1v) is 6.22. The second kappa shape index (κ2) is 6.86. The van der Waals surface area contributed by atoms with Gasteiger partial charge in [-0.2, -0.15) is 0 Å². The molecule has 100 valence electrons. The number of benzene rings is 1. The topological polar surface area (TPSA) is 29.1 Å². The number of hydrogen-bond donors (Lipinski definition) is 1. The van der Waals surface area contributed by atoms with Gasteiger partial charge in [-0.3, -0.25) is 4.79 Å². The van der Waals surface area contributed by atoms with Crippen LogP contribution in [-0.2, 0) is 0 Å². The standard InChI is InChI=1S/C14H18FNO.ClH/c1-10(16-13-7-2-3-8-13)14(17)11-5-4-6-12(15)9-11;/h4-6,9-10,13,16H,2-3,7-8H2,1H3;1H. The normalized spacial score (nSPS) is 17.2. The van der Waals surface area contributed by atoms with Crippen LogP contribution in [0.15, 0.2) is 24.3 Å². The van der Waals surface area contributed by atoms with Gasteiger partial charge in [-0.05, 0) is 31.9 Å². The van der Waals surface area contributed by atoms with Gasteiger partial charge in [0.2, 0.25) is 0 Å². The van der Waals surface area contributed by atoms with Crippen molar-refractivity contribution in [3.8, 4) is 0 Å². The molecule has 1 fully saturated rings. The van der Waals surface area contributed by atoms with E-state index in [9.17, 15) is 9.18 Å². The summed E-state index contributed by atoms with van der Waals surface area (Å²) in [4.78, 5) is 12.1. The molecule has 2 rings (SSSR count). The van der Waals surface area contributed by atoms with Gasteiger partial charge < -0.3 is 5.32 Å². The molecule has 0 saturated heterocycles. The maximum absolute atomic E-state index is 13.0. The molecule has 1 aromatic carbocycles. The minimum atomic E-state index is -0.357. The van der Waals surface area contributed by atoms with Crippen LogP contribution >= 0.6 is 12.4 Å². The Hall–Kier alpha value is -0.930. The summed E-state index contributed by atoms with van der Waals surface area (Å²) in [6.07, 6.45) is 4.75. The van der Waals surface area contributed by atoms with Crippen LogP contribution in [0.2, 0.25) is 0 Å². The molecule has 1 aliphatic rings. The fourth-order valence-corrected chi connectivity index (χ4v) is 2.41. The zero-order chi connectivity index (χ0) is 12.3. The van der Waals surface area contributed by atoms with Gasteiger partial charge in [-0.15, -0.1) is 12.4 Å². The van der Waals surface area contributed by atoms with E-state index in [1.165, 1.54) is 25.0 Å². The third kappa shape index (κ3) is 3.79. The summed E-state index contributed by atoms with van der Waals surface area (Å²) in [7, 11) is 0. The largest absolute Gasteiger partial charge is 0.305 e. The minimum absolute atomic E-state index is 0. The van der Waals surface area contributed by atoms with E-state index in [0.29, 0.717) is 11.6 Å². The highest BCUT2D eigenvalue weighted by Crippen LogP contribution is 2.18. The molecule has 1 aliphatic carbocycles. The van der Waals surface area contributed by atoms with Crippen molar-refractivity contribution in [3.05, 3.63) is 35.6 Å². The minimum Gasteiger partial charge on any atom is -0.305 e. The average molecular weight is 272 g/mol. The Kier molecular flexibility index (Phi) is 5.76. The molecule has 1 N–H and O–H groups in total. The van der Waals surface area contributed by atoms with Crippen LogP contribution in [0, 0.1) is 5.82 Å². The van der Waals surface area contributed by atoms with Crippen LogP contribution < -0.4 is 5.32 Å². The maximum Gasteiger partial charge on any atom is 0.179 e. The molecule has 0 aliphatic heterocycles. The van der Waals surface area contributed by atoms with E-state index in [0.717, 1.165) is 12.8 Å². The van der Waals surface area contributed by atoms with E-state index < -0.39 is 0 Å². The van der Waals surface area contributed by atoms with Gasteiger partial charge in [0, 0.05) is 11.6 Å². The lowest BCUT2D eigenvalue weighted by molar-refractivity contribution is 0.0944. The van der Waals surface area contributed by atoms with Gasteiger partial charge in [0.05, 0.1) is 6.04 Å². The van der Waals surface area contributed by atoms with Crippen molar-refractivity contribution in [1.29, 1.82) is 0 Å². The highest BCUT2D eigenvalue weighted by atomic mass is 35.5. The third-order valence-corrected chi connectivity index (χ3v) is 3.34. The number of ketones is 1. The molecule has 1 saturated carbocycles. The zero-order valence-corrected chi connectivity index (χ0v) is 11.3. The van der Waals surface area contributed by atoms with Crippen LogP contribution in [0.1, 0.15) is 43.0 Å². The molecule has 4 heteroatoms. The lowest BCUT2D eigenvalue weighted by Gasteiger charge is -2.18. The summed E-state index contributed by atoms with van der Waals surface area (Å²) in [6.45, 7) is 1.85. The van der Waals surface area contributed by atoms with Gasteiger partial charge in [0.25, 0.3) is 0 Å². The van der Waals surface area contributed by atoms with Crippen molar-refractivity contribution in [2.75, 3.05) is 0 Å². The number of rotatable bonds is 4. The summed E-state index contributed by atoms with van der Waals surface area (Å²) in [5.41, 5.74) is 0.447. The number of carbonyl (C=O) groups is 1. The zero-order valence-electron chi connectivity index (χ0n) is 10.5. The van der Waals surface area contributed by atoms with Gasteiger partial charge in [-0.1, -0.05) is 25.0 Å². The third-order valence-electron chi connectivity index (χ3n) is 3.34. The van der Waals surface area contributed by atoms with Crippen LogP contribution in [0.3, 0.4) is 0 Å². The summed E-state index contributed by atoms with van der Waals surface area (Å²) >= 11 is 0. The van der Waals surface area contributed by atoms with Gasteiger partial charge >= 0.3 is 0 Å². The molecule has 1 aromatic rings. The number of nitrogens with one attached hydrogen (secondary N) is 1. The maximum atomic E-state index is 13.0. The van der Waals surface area contributed by atoms with Crippen LogP contribution in [0.5, 0.6) is 0 Å². The number of carbonyl (C=O) groups excluding carboxylic acids is 1. The van der Waals surface area contributed by atoms with E-state index in [1.54, 1.807) is 12.1 Å². The smallest absolute Gasteiger partial charge is 0.179 e. The van der Waals surface area contributed by atoms with E-state index in [2.05, 4.69) is 5.32 Å². The first-order chi connectivity index (χ1) is 8.16. The first kappa shape index (κ1) is 15.1. The average Bonchev–Trinajstić information content (AvgIpc) is 2.80. The Balaban J connectivity index is 0.00000162. The monoisotopic (exact) mass is 271 g/mol. The number of halogens is 2. The van der Waals surface area contributed by atoms with Crippen LogP contribution in [-0.4, -0.2) is 17.9 Å². The van der Waals surface area contributed by atoms with E-state index >= 15 is 0 Å². The van der Waals surface area contributed by atoms with Crippen LogP contribution in [0.25, 0.3) is 0 Å². The predicted octanol–water partition coefficient (Wildman–Crippen LogP) is 3.35. The fourth-order valence-electron chi connectivity index (χ4n) is 2.41. The highest BCUT2D eigenvalue weighted by Gasteiger charge is 2.21. The first-order valence-electron chi connectivity index (χ1n) is 6.22. The summed E-state index contributed by atoms with van der Waals surface area (Å²) in [5, 5.41) is 3.32. The Bertz CT molecular complexity index is 405. The van der Waals surface area contributed by atoms with Gasteiger partial charge in [-0.25, -0.2) is 4.39 Å². The van der Waals surface area contributed by atoms with Gasteiger partial charge in [0.15, 0.2) is 5.78 Å². The Morgan fingerprint density at radius 2 is 2.06 bits per heavy atom. The molecule has 1 unspecified atom stereocenters. The molecule has 0 spiro atoms. The lowest BCUT2D eigenvalue weighted by atomic mass is 10.0. The molecular weight excluding hydrogens is 253 g/mol. The molecular formula is C14H19ClFNO. The van der Waals surface area contributed by atoms with Crippen LogP contribution in [0.4, 0.5) is 4.39 Å². The van der Waals surface area contributed by atoms with Crippen molar-refractivity contribution in [1.82, 2.24) is 5.32 Å². The van der Waals surface area contributed by atoms with E-state index in [1.807, 2.05) is 6.92 Å². The SMILES string of the molecule is CC(NC1CCCC1)C(=O)c1cccc(F)c1.Cl. The fraction of sp³-hybridized carbons (Fsp3) is 0.500. The summed E-state index contributed by atoms with van der Waals surface area (Å²) in [5.74, 6) is -0.389. The van der Waals surface area contributed by atoms with Crippen molar-refractivity contribution in [2.24, 2.45) is 0 Å². The second-order valence-electron chi connectivity index (χ2n) is 4.74. The van der Waals surface area contributed by atoms with E-state index in [4.69, 9.17) is 0 Å². The van der Waals surface area contributed by atoms with Crippen molar-refractivity contribution >= 4 is 18.2 Å². The van der Waals surface area contributed by atoms with Crippen molar-refractivity contribution in [2.45, 2.75) is 44.7 Å². The predicted molar refractivity (Wildman–Crippen MR) is 72.8 cm³/mol. The molecule has 0 heterocycles. The van der Waals surface area contributed by atoms with Crippen molar-refractivity contribution < 1.29 is 9.18 Å². The summed E-state index contributed by atoms with van der Waals surface area (Å²) in [6, 6.07) is 6.10. The van der Waals surface area contributed by atoms with E-state index in [-0.39, 0.29) is 30.0 Å². The molecule has 0 radical (unpaired) electrons. The van der Waals surface area contributed by atoms with Gasteiger partial charge in [0.1, 0.15) is 5.82 Å². The molecule has 0 aromatic heterocycles.